The van der Waals surface area contributed by atoms with Crippen molar-refractivity contribution in [3.05, 3.63) is 47.0 Å². The van der Waals surface area contributed by atoms with E-state index >= 15 is 0 Å². The molecule has 3 rings (SSSR count). The summed E-state index contributed by atoms with van der Waals surface area (Å²) in [6, 6.07) is 11.5. The quantitative estimate of drug-likeness (QED) is 0.727. The molecule has 0 aliphatic rings. The molecule has 1 heterocycles. The lowest BCUT2D eigenvalue weighted by Crippen LogP contribution is -2.03. The Morgan fingerprint density at radius 3 is 2.67 bits per heavy atom. The molecule has 1 N–H and O–H groups in total. The molecule has 0 amide bonds. The Balaban J connectivity index is 2.36. The number of aromatic hydroxyl groups is 1. The fraction of sp³-hybridized carbons (Fsp3) is 0.235. The maximum Gasteiger partial charge on any atom is 0.141 e. The summed E-state index contributed by atoms with van der Waals surface area (Å²) in [5.74, 6) is 1.14. The molecule has 0 unspecified atom stereocenters. The summed E-state index contributed by atoms with van der Waals surface area (Å²) in [7, 11) is 0. The molecule has 0 saturated heterocycles. The van der Waals surface area contributed by atoms with Gasteiger partial charge in [-0.05, 0) is 45.0 Å². The molecule has 3 aromatic rings. The zero-order valence-electron chi connectivity index (χ0n) is 12.3. The van der Waals surface area contributed by atoms with Crippen LogP contribution in [0.15, 0.2) is 36.4 Å². The van der Waals surface area contributed by atoms with E-state index in [4.69, 9.17) is 16.6 Å². The van der Waals surface area contributed by atoms with Crippen molar-refractivity contribution in [2.24, 2.45) is 0 Å². The van der Waals surface area contributed by atoms with Crippen molar-refractivity contribution in [3.8, 4) is 17.1 Å². The minimum Gasteiger partial charge on any atom is -0.508 e. The van der Waals surface area contributed by atoms with Crippen molar-refractivity contribution < 1.29 is 5.11 Å². The molecule has 21 heavy (non-hydrogen) atoms. The van der Waals surface area contributed by atoms with E-state index < -0.39 is 0 Å². The molecule has 0 saturated carbocycles. The maximum absolute atomic E-state index is 9.95. The number of halogens is 1. The van der Waals surface area contributed by atoms with Gasteiger partial charge in [-0.3, -0.25) is 0 Å². The van der Waals surface area contributed by atoms with Crippen molar-refractivity contribution >= 4 is 22.6 Å². The third kappa shape index (κ3) is 2.28. The Labute approximate surface area is 128 Å². The second-order valence-electron chi connectivity index (χ2n) is 5.48. The van der Waals surface area contributed by atoms with Gasteiger partial charge in [-0.2, -0.15) is 0 Å². The van der Waals surface area contributed by atoms with Crippen LogP contribution in [0.2, 0.25) is 5.02 Å². The number of imidazole rings is 1. The van der Waals surface area contributed by atoms with E-state index in [2.05, 4.69) is 18.4 Å². The van der Waals surface area contributed by atoms with Crippen LogP contribution in [0.25, 0.3) is 22.4 Å². The Morgan fingerprint density at radius 1 is 1.19 bits per heavy atom. The van der Waals surface area contributed by atoms with E-state index in [1.807, 2.05) is 37.3 Å². The first-order chi connectivity index (χ1) is 9.99. The van der Waals surface area contributed by atoms with E-state index in [1.54, 1.807) is 6.07 Å². The van der Waals surface area contributed by atoms with Crippen LogP contribution in [0, 0.1) is 6.92 Å². The summed E-state index contributed by atoms with van der Waals surface area (Å²) < 4.78 is 2.17. The highest BCUT2D eigenvalue weighted by Gasteiger charge is 2.17. The first kappa shape index (κ1) is 14.0. The van der Waals surface area contributed by atoms with Crippen molar-refractivity contribution in [1.82, 2.24) is 9.55 Å². The summed E-state index contributed by atoms with van der Waals surface area (Å²) in [6.45, 7) is 6.15. The Morgan fingerprint density at radius 2 is 1.95 bits per heavy atom. The highest BCUT2D eigenvalue weighted by molar-refractivity contribution is 6.31. The maximum atomic E-state index is 9.95. The predicted octanol–water partition coefficient (Wildman–Crippen LogP) is 4.95. The number of hydrogen-bond acceptors (Lipinski definition) is 2. The first-order valence-electron chi connectivity index (χ1n) is 6.95. The molecule has 1 aromatic heterocycles. The average molecular weight is 301 g/mol. The topological polar surface area (TPSA) is 38.1 Å². The van der Waals surface area contributed by atoms with Crippen LogP contribution in [0.3, 0.4) is 0 Å². The second kappa shape index (κ2) is 5.08. The van der Waals surface area contributed by atoms with Gasteiger partial charge in [0, 0.05) is 22.2 Å². The lowest BCUT2D eigenvalue weighted by Gasteiger charge is -2.15. The smallest absolute Gasteiger partial charge is 0.141 e. The zero-order valence-corrected chi connectivity index (χ0v) is 13.0. The molecule has 2 aromatic carbocycles. The van der Waals surface area contributed by atoms with Gasteiger partial charge < -0.3 is 9.67 Å². The van der Waals surface area contributed by atoms with Crippen molar-refractivity contribution in [2.45, 2.75) is 26.8 Å². The normalized spacial score (nSPS) is 11.5. The number of benzene rings is 2. The molecule has 0 radical (unpaired) electrons. The largest absolute Gasteiger partial charge is 0.508 e. The van der Waals surface area contributed by atoms with Gasteiger partial charge >= 0.3 is 0 Å². The van der Waals surface area contributed by atoms with E-state index in [0.717, 1.165) is 28.0 Å². The van der Waals surface area contributed by atoms with Gasteiger partial charge in [0.05, 0.1) is 11.0 Å². The molecule has 0 atom stereocenters. The monoisotopic (exact) mass is 300 g/mol. The third-order valence-electron chi connectivity index (χ3n) is 3.71. The van der Waals surface area contributed by atoms with Crippen LogP contribution >= 0.6 is 11.6 Å². The number of hydrogen-bond donors (Lipinski definition) is 1. The highest BCUT2D eigenvalue weighted by Crippen LogP contribution is 2.33. The number of fused-ring (bicyclic) bond motifs is 1. The van der Waals surface area contributed by atoms with E-state index in [9.17, 15) is 5.11 Å². The minimum atomic E-state index is 0.257. The summed E-state index contributed by atoms with van der Waals surface area (Å²) in [5, 5.41) is 10.6. The predicted molar refractivity (Wildman–Crippen MR) is 87.0 cm³/mol. The number of phenols is 1. The molecule has 4 heteroatoms. The van der Waals surface area contributed by atoms with Crippen LogP contribution in [0.5, 0.6) is 5.75 Å². The van der Waals surface area contributed by atoms with Gasteiger partial charge in [0.2, 0.25) is 0 Å². The van der Waals surface area contributed by atoms with Gasteiger partial charge in [-0.25, -0.2) is 4.98 Å². The SMILES string of the molecule is Cc1c(O)cccc1-c1nc2cc(Cl)ccc2n1C(C)C. The van der Waals surface area contributed by atoms with Gasteiger partial charge in [0.1, 0.15) is 11.6 Å². The Bertz CT molecular complexity index is 821. The fourth-order valence-corrected chi connectivity index (χ4v) is 2.82. The highest BCUT2D eigenvalue weighted by atomic mass is 35.5. The molecule has 108 valence electrons. The molecule has 0 fully saturated rings. The number of nitrogens with zero attached hydrogens (tertiary/aromatic N) is 2. The second-order valence-corrected chi connectivity index (χ2v) is 5.92. The van der Waals surface area contributed by atoms with Crippen LogP contribution in [0.4, 0.5) is 0 Å². The van der Waals surface area contributed by atoms with Gasteiger partial charge in [0.25, 0.3) is 0 Å². The van der Waals surface area contributed by atoms with Crippen LogP contribution in [0.1, 0.15) is 25.5 Å². The van der Waals surface area contributed by atoms with Crippen LogP contribution < -0.4 is 0 Å². The van der Waals surface area contributed by atoms with Gasteiger partial charge in [-0.15, -0.1) is 0 Å². The Kier molecular flexibility index (Phi) is 3.38. The first-order valence-corrected chi connectivity index (χ1v) is 7.33. The van der Waals surface area contributed by atoms with E-state index in [1.165, 1.54) is 0 Å². The molecule has 0 aliphatic heterocycles. The molecular formula is C17H17ClN2O. The molecule has 3 nitrogen and oxygen atoms in total. The number of rotatable bonds is 2. The lowest BCUT2D eigenvalue weighted by atomic mass is 10.1. The third-order valence-corrected chi connectivity index (χ3v) is 3.95. The van der Waals surface area contributed by atoms with Crippen LogP contribution in [-0.2, 0) is 0 Å². The summed E-state index contributed by atoms with van der Waals surface area (Å²) >= 11 is 6.07. The van der Waals surface area contributed by atoms with E-state index in [0.29, 0.717) is 5.02 Å². The van der Waals surface area contributed by atoms with Gasteiger partial charge in [-0.1, -0.05) is 23.7 Å². The van der Waals surface area contributed by atoms with Gasteiger partial charge in [0.15, 0.2) is 0 Å². The molecular weight excluding hydrogens is 284 g/mol. The molecule has 0 bridgehead atoms. The molecule has 0 aliphatic carbocycles. The van der Waals surface area contributed by atoms with Crippen molar-refractivity contribution in [3.63, 3.8) is 0 Å². The standard InChI is InChI=1S/C17H17ClN2O/c1-10(2)20-15-8-7-12(18)9-14(15)19-17(20)13-5-4-6-16(21)11(13)3/h4-10,21H,1-3H3. The summed E-state index contributed by atoms with van der Waals surface area (Å²) in [4.78, 5) is 4.73. The number of phenolic OH excluding ortho intramolecular Hbond substituents is 1. The molecule has 0 spiro atoms. The average Bonchev–Trinajstić information content (AvgIpc) is 2.80. The Hall–Kier alpha value is -2.00. The van der Waals surface area contributed by atoms with E-state index in [-0.39, 0.29) is 11.8 Å². The van der Waals surface area contributed by atoms with Crippen molar-refractivity contribution in [2.75, 3.05) is 0 Å². The minimum absolute atomic E-state index is 0.257. The summed E-state index contributed by atoms with van der Waals surface area (Å²) in [6.07, 6.45) is 0. The summed E-state index contributed by atoms with van der Waals surface area (Å²) in [5.41, 5.74) is 3.69. The van der Waals surface area contributed by atoms with Crippen LogP contribution in [-0.4, -0.2) is 14.7 Å². The van der Waals surface area contributed by atoms with Crippen molar-refractivity contribution in [1.29, 1.82) is 0 Å². The fourth-order valence-electron chi connectivity index (χ4n) is 2.65. The number of aromatic nitrogens is 2. The lowest BCUT2D eigenvalue weighted by molar-refractivity contribution is 0.471. The zero-order chi connectivity index (χ0) is 15.1.